The van der Waals surface area contributed by atoms with Crippen molar-refractivity contribution in [2.75, 3.05) is 39.4 Å². The molecule has 4 rings (SSSR count). The number of ether oxygens (including phenoxy) is 2. The van der Waals surface area contributed by atoms with Crippen molar-refractivity contribution in [2.24, 2.45) is 0 Å². The van der Waals surface area contributed by atoms with E-state index in [1.54, 1.807) is 0 Å². The van der Waals surface area contributed by atoms with Crippen LogP contribution in [-0.4, -0.2) is 55.1 Å². The maximum Gasteiger partial charge on any atom is 0.222 e. The normalized spacial score (nSPS) is 16.4. The summed E-state index contributed by atoms with van der Waals surface area (Å²) in [5.41, 5.74) is 3.77. The van der Waals surface area contributed by atoms with Gasteiger partial charge in [-0.25, -0.2) is 0 Å². The van der Waals surface area contributed by atoms with Gasteiger partial charge in [-0.1, -0.05) is 30.3 Å². The molecule has 1 fully saturated rings. The molecule has 5 nitrogen and oxygen atoms in total. The Labute approximate surface area is 173 Å². The highest BCUT2D eigenvalue weighted by molar-refractivity contribution is 5.76. The van der Waals surface area contributed by atoms with Crippen LogP contribution in [0.3, 0.4) is 0 Å². The van der Waals surface area contributed by atoms with Crippen LogP contribution in [-0.2, 0) is 24.2 Å². The Hall–Kier alpha value is -2.53. The van der Waals surface area contributed by atoms with Gasteiger partial charge in [0.2, 0.25) is 5.91 Å². The molecule has 0 N–H and O–H groups in total. The number of benzene rings is 2. The van der Waals surface area contributed by atoms with Crippen molar-refractivity contribution in [2.45, 2.75) is 32.7 Å². The van der Waals surface area contributed by atoms with Crippen molar-refractivity contribution in [3.63, 3.8) is 0 Å². The second-order valence-corrected chi connectivity index (χ2v) is 7.74. The van der Waals surface area contributed by atoms with E-state index >= 15 is 0 Å². The van der Waals surface area contributed by atoms with E-state index in [4.69, 9.17) is 9.47 Å². The van der Waals surface area contributed by atoms with Crippen molar-refractivity contribution in [1.29, 1.82) is 0 Å². The summed E-state index contributed by atoms with van der Waals surface area (Å²) in [6, 6.07) is 14.5. The molecule has 29 heavy (non-hydrogen) atoms. The molecule has 5 heteroatoms. The highest BCUT2D eigenvalue weighted by Gasteiger charge is 2.22. The van der Waals surface area contributed by atoms with Crippen LogP contribution in [0.1, 0.15) is 30.0 Å². The first-order chi connectivity index (χ1) is 14.2. The largest absolute Gasteiger partial charge is 0.494 e. The molecular formula is C24H30N2O3. The van der Waals surface area contributed by atoms with Crippen molar-refractivity contribution >= 4 is 5.91 Å². The molecule has 2 aliphatic heterocycles. The summed E-state index contributed by atoms with van der Waals surface area (Å²) in [6.07, 6.45) is 2.28. The van der Waals surface area contributed by atoms with Gasteiger partial charge in [-0.3, -0.25) is 9.69 Å². The molecule has 0 atom stereocenters. The summed E-state index contributed by atoms with van der Waals surface area (Å²) in [6.45, 7) is 7.83. The zero-order chi connectivity index (χ0) is 20.1. The number of carbonyl (C=O) groups excluding carboxylic acids is 1. The first-order valence-electron chi connectivity index (χ1n) is 10.7. The summed E-state index contributed by atoms with van der Waals surface area (Å²) < 4.78 is 11.3. The lowest BCUT2D eigenvalue weighted by Crippen LogP contribution is -2.48. The molecule has 2 aromatic carbocycles. The monoisotopic (exact) mass is 394 g/mol. The Bertz CT molecular complexity index is 844. The van der Waals surface area contributed by atoms with Crippen LogP contribution in [0.25, 0.3) is 0 Å². The lowest BCUT2D eigenvalue weighted by atomic mass is 10.1. The second kappa shape index (κ2) is 9.31. The first kappa shape index (κ1) is 19.8. The van der Waals surface area contributed by atoms with Gasteiger partial charge in [0.25, 0.3) is 0 Å². The van der Waals surface area contributed by atoms with Gasteiger partial charge in [-0.2, -0.15) is 0 Å². The number of piperazine rings is 1. The molecule has 0 aliphatic carbocycles. The number of hydrogen-bond acceptors (Lipinski definition) is 4. The van der Waals surface area contributed by atoms with E-state index in [2.05, 4.69) is 29.2 Å². The van der Waals surface area contributed by atoms with Crippen molar-refractivity contribution < 1.29 is 14.3 Å². The minimum Gasteiger partial charge on any atom is -0.494 e. The van der Waals surface area contributed by atoms with Crippen molar-refractivity contribution in [3.8, 4) is 11.5 Å². The number of fused-ring (bicyclic) bond motifs is 1. The van der Waals surface area contributed by atoms with Gasteiger partial charge in [0.1, 0.15) is 11.5 Å². The molecule has 2 aromatic rings. The smallest absolute Gasteiger partial charge is 0.222 e. The maximum absolute atomic E-state index is 12.7. The van der Waals surface area contributed by atoms with E-state index in [1.807, 2.05) is 30.0 Å². The highest BCUT2D eigenvalue weighted by Crippen LogP contribution is 2.26. The molecule has 0 aromatic heterocycles. The molecule has 154 valence electrons. The standard InChI is InChI=1S/C24H30N2O3/c1-2-28-22-6-4-3-5-20(22)8-10-24(27)26-14-12-25(13-15-26)18-19-7-9-23-21(17-19)11-16-29-23/h3-7,9,17H,2,8,10-16,18H2,1H3. The molecule has 2 aliphatic rings. The molecule has 0 saturated carbocycles. The van der Waals surface area contributed by atoms with Crippen LogP contribution in [0.5, 0.6) is 11.5 Å². The molecule has 0 bridgehead atoms. The molecular weight excluding hydrogens is 364 g/mol. The van der Waals surface area contributed by atoms with Crippen LogP contribution in [0.4, 0.5) is 0 Å². The van der Waals surface area contributed by atoms with Gasteiger partial charge >= 0.3 is 0 Å². The summed E-state index contributed by atoms with van der Waals surface area (Å²) in [7, 11) is 0. The fraction of sp³-hybridized carbons (Fsp3) is 0.458. The fourth-order valence-corrected chi connectivity index (χ4v) is 4.16. The SMILES string of the molecule is CCOc1ccccc1CCC(=O)N1CCN(Cc2ccc3c(c2)CCO3)CC1. The third kappa shape index (κ3) is 4.91. The van der Waals surface area contributed by atoms with Gasteiger partial charge in [-0.05, 0) is 42.2 Å². The van der Waals surface area contributed by atoms with Crippen molar-refractivity contribution in [3.05, 3.63) is 59.2 Å². The third-order valence-electron chi connectivity index (χ3n) is 5.77. The average molecular weight is 395 g/mol. The van der Waals surface area contributed by atoms with E-state index in [1.165, 1.54) is 11.1 Å². The first-order valence-corrected chi connectivity index (χ1v) is 10.7. The van der Waals surface area contributed by atoms with E-state index in [0.29, 0.717) is 13.0 Å². The molecule has 0 unspecified atom stereocenters. The maximum atomic E-state index is 12.7. The van der Waals surface area contributed by atoms with Gasteiger partial charge in [0, 0.05) is 45.6 Å². The van der Waals surface area contributed by atoms with Gasteiger partial charge in [0.05, 0.1) is 13.2 Å². The van der Waals surface area contributed by atoms with Crippen LogP contribution in [0, 0.1) is 0 Å². The highest BCUT2D eigenvalue weighted by atomic mass is 16.5. The number of nitrogens with zero attached hydrogens (tertiary/aromatic N) is 2. The summed E-state index contributed by atoms with van der Waals surface area (Å²) in [5, 5.41) is 0. The van der Waals surface area contributed by atoms with Crippen LogP contribution in [0.2, 0.25) is 0 Å². The quantitative estimate of drug-likeness (QED) is 0.723. The minimum atomic E-state index is 0.241. The molecule has 0 spiro atoms. The van der Waals surface area contributed by atoms with Crippen molar-refractivity contribution in [1.82, 2.24) is 9.80 Å². The Morgan fingerprint density at radius 2 is 1.93 bits per heavy atom. The van der Waals surface area contributed by atoms with Crippen LogP contribution >= 0.6 is 0 Å². The lowest BCUT2D eigenvalue weighted by molar-refractivity contribution is -0.133. The summed E-state index contributed by atoms with van der Waals surface area (Å²) >= 11 is 0. The Balaban J connectivity index is 1.24. The van der Waals surface area contributed by atoms with Crippen LogP contribution < -0.4 is 9.47 Å². The topological polar surface area (TPSA) is 42.0 Å². The number of para-hydroxylation sites is 1. The number of aryl methyl sites for hydroxylation is 1. The Morgan fingerprint density at radius 3 is 2.76 bits per heavy atom. The average Bonchev–Trinajstić information content (AvgIpc) is 3.21. The number of rotatable bonds is 7. The molecule has 0 radical (unpaired) electrons. The number of amides is 1. The minimum absolute atomic E-state index is 0.241. The lowest BCUT2D eigenvalue weighted by Gasteiger charge is -2.35. The zero-order valence-electron chi connectivity index (χ0n) is 17.2. The van der Waals surface area contributed by atoms with E-state index in [9.17, 15) is 4.79 Å². The van der Waals surface area contributed by atoms with E-state index < -0.39 is 0 Å². The fourth-order valence-electron chi connectivity index (χ4n) is 4.16. The predicted octanol–water partition coefficient (Wildman–Crippen LogP) is 3.30. The number of hydrogen-bond donors (Lipinski definition) is 0. The molecule has 2 heterocycles. The Morgan fingerprint density at radius 1 is 1.10 bits per heavy atom. The zero-order valence-corrected chi connectivity index (χ0v) is 17.2. The summed E-state index contributed by atoms with van der Waals surface area (Å²) in [4.78, 5) is 17.1. The van der Waals surface area contributed by atoms with E-state index in [-0.39, 0.29) is 5.91 Å². The predicted molar refractivity (Wildman–Crippen MR) is 113 cm³/mol. The summed E-state index contributed by atoms with van der Waals surface area (Å²) in [5.74, 6) is 2.17. The molecule has 1 amide bonds. The van der Waals surface area contributed by atoms with E-state index in [0.717, 1.165) is 69.2 Å². The third-order valence-corrected chi connectivity index (χ3v) is 5.77. The van der Waals surface area contributed by atoms with Gasteiger partial charge in [-0.15, -0.1) is 0 Å². The Kier molecular flexibility index (Phi) is 6.35. The number of carbonyl (C=O) groups is 1. The molecule has 1 saturated heterocycles. The van der Waals surface area contributed by atoms with Crippen LogP contribution in [0.15, 0.2) is 42.5 Å². The second-order valence-electron chi connectivity index (χ2n) is 7.74. The van der Waals surface area contributed by atoms with Gasteiger partial charge in [0.15, 0.2) is 0 Å². The van der Waals surface area contributed by atoms with Gasteiger partial charge < -0.3 is 14.4 Å².